The number of hydrogen-bond acceptors (Lipinski definition) is 4. The number of carboxylic acids is 1. The van der Waals surface area contributed by atoms with E-state index in [9.17, 15) is 9.90 Å². The molecule has 0 bridgehead atoms. The smallest absolute Gasteiger partial charge is 0.352 e. The van der Waals surface area contributed by atoms with Crippen molar-refractivity contribution in [1.82, 2.24) is 14.8 Å². The Kier molecular flexibility index (Phi) is 7.51. The fraction of sp³-hybridized carbons (Fsp3) is 0.273. The van der Waals surface area contributed by atoms with E-state index in [-0.39, 0.29) is 18.8 Å². The van der Waals surface area contributed by atoms with Gasteiger partial charge in [-0.1, -0.05) is 35.9 Å². The molecule has 42 heavy (non-hydrogen) atoms. The molecule has 9 heteroatoms. The number of carboxylic acid groups (broad SMARTS) is 1. The Labute approximate surface area is 247 Å². The molecular weight excluding hydrogens is 557 g/mol. The predicted octanol–water partition coefficient (Wildman–Crippen LogP) is 7.54. The molecule has 2 N–H and O–H groups in total. The largest absolute Gasteiger partial charge is 0.494 e. The molecule has 1 aliphatic heterocycles. The molecule has 216 valence electrons. The van der Waals surface area contributed by atoms with Gasteiger partial charge in [-0.25, -0.2) is 9.18 Å². The quantitative estimate of drug-likeness (QED) is 0.200. The molecule has 0 radical (unpaired) electrons. The van der Waals surface area contributed by atoms with Gasteiger partial charge in [0.2, 0.25) is 0 Å². The maximum atomic E-state index is 15.9. The number of fused-ring (bicyclic) bond motifs is 3. The third-order valence-electron chi connectivity index (χ3n) is 7.95. The number of nitrogens with one attached hydrogen (secondary N) is 1. The molecule has 0 saturated carbocycles. The third-order valence-corrected chi connectivity index (χ3v) is 8.54. The second kappa shape index (κ2) is 11.3. The number of aryl methyl sites for hydroxylation is 4. The lowest BCUT2D eigenvalue weighted by Crippen LogP contribution is -2.13. The van der Waals surface area contributed by atoms with E-state index in [1.54, 1.807) is 10.6 Å². The summed E-state index contributed by atoms with van der Waals surface area (Å²) in [6.45, 7) is 6.84. The van der Waals surface area contributed by atoms with Gasteiger partial charge in [0.25, 0.3) is 0 Å². The molecule has 5 aromatic rings. The van der Waals surface area contributed by atoms with Gasteiger partial charge in [-0.05, 0) is 85.7 Å². The van der Waals surface area contributed by atoms with E-state index in [0.29, 0.717) is 70.1 Å². The van der Waals surface area contributed by atoms with E-state index < -0.39 is 11.8 Å². The lowest BCUT2D eigenvalue weighted by atomic mass is 9.97. The van der Waals surface area contributed by atoms with Gasteiger partial charge in [-0.3, -0.25) is 5.10 Å². The summed E-state index contributed by atoms with van der Waals surface area (Å²) in [5.74, 6) is -0.791. The first-order valence-electron chi connectivity index (χ1n) is 13.9. The van der Waals surface area contributed by atoms with Crippen molar-refractivity contribution in [2.45, 2.75) is 53.4 Å². The highest BCUT2D eigenvalue weighted by Crippen LogP contribution is 2.40. The third kappa shape index (κ3) is 4.95. The summed E-state index contributed by atoms with van der Waals surface area (Å²) in [4.78, 5) is 12.9. The Morgan fingerprint density at radius 3 is 2.57 bits per heavy atom. The zero-order valence-electron chi connectivity index (χ0n) is 23.7. The summed E-state index contributed by atoms with van der Waals surface area (Å²) in [5, 5.41) is 19.4. The van der Waals surface area contributed by atoms with Crippen molar-refractivity contribution < 1.29 is 23.8 Å². The van der Waals surface area contributed by atoms with Crippen LogP contribution in [0.25, 0.3) is 22.0 Å². The Bertz CT molecular complexity index is 1820. The monoisotopic (exact) mass is 587 g/mol. The first-order chi connectivity index (χ1) is 20.2. The van der Waals surface area contributed by atoms with E-state index in [1.807, 2.05) is 57.2 Å². The van der Waals surface area contributed by atoms with Crippen LogP contribution in [0.3, 0.4) is 0 Å². The number of aromatic nitrogens is 3. The molecule has 6 rings (SSSR count). The minimum atomic E-state index is -1.06. The maximum absolute atomic E-state index is 15.9. The fourth-order valence-electron chi connectivity index (χ4n) is 6.01. The zero-order valence-corrected chi connectivity index (χ0v) is 24.4. The molecule has 0 atom stereocenters. The number of rotatable bonds is 6. The van der Waals surface area contributed by atoms with Crippen LogP contribution in [0.1, 0.15) is 56.1 Å². The summed E-state index contributed by atoms with van der Waals surface area (Å²) >= 11 is 6.30. The lowest BCUT2D eigenvalue weighted by Gasteiger charge is -2.14. The fourth-order valence-corrected chi connectivity index (χ4v) is 6.12. The second-order valence-electron chi connectivity index (χ2n) is 10.8. The number of H-pyrrole nitrogens is 1. The molecular formula is C33H31ClFN3O4. The summed E-state index contributed by atoms with van der Waals surface area (Å²) in [7, 11) is 0. The summed E-state index contributed by atoms with van der Waals surface area (Å²) < 4.78 is 29.7. The van der Waals surface area contributed by atoms with Crippen molar-refractivity contribution in [3.63, 3.8) is 0 Å². The van der Waals surface area contributed by atoms with Gasteiger partial charge >= 0.3 is 5.97 Å². The Morgan fingerprint density at radius 1 is 1.10 bits per heavy atom. The van der Waals surface area contributed by atoms with Crippen LogP contribution in [0.2, 0.25) is 5.02 Å². The van der Waals surface area contributed by atoms with Crippen LogP contribution in [0.4, 0.5) is 4.39 Å². The van der Waals surface area contributed by atoms with Crippen LogP contribution in [0, 0.1) is 26.6 Å². The van der Waals surface area contributed by atoms with E-state index in [2.05, 4.69) is 10.2 Å². The van der Waals surface area contributed by atoms with Crippen molar-refractivity contribution in [2.75, 3.05) is 6.61 Å². The molecule has 3 heterocycles. The molecule has 2 aromatic heterocycles. The predicted molar refractivity (Wildman–Crippen MR) is 160 cm³/mol. The summed E-state index contributed by atoms with van der Waals surface area (Å²) in [6.07, 6.45) is 0.997. The molecule has 0 aliphatic carbocycles. The SMILES string of the molecule is Cc1cc(OCCCc2c(C(=O)O)n3c4c(c(F)ccc24)-c2c(n[nH]c2C)COCc2ccccc2C3)cc(C)c1Cl. The standard InChI is InChI=1S/C33H31ClFN3O4/c1-18-13-23(14-19(2)30(18)34)42-12-6-9-24-25-10-11-26(35)29-28-20(3)36-37-27(28)17-41-16-22-8-5-4-7-21(22)15-38(31(25)29)32(24)33(39)40/h4-5,7-8,10-11,13-14H,6,9,12,15-17H2,1-3H3,(H,36,37)(H,39,40). The molecule has 0 spiro atoms. The first-order valence-corrected chi connectivity index (χ1v) is 14.3. The summed E-state index contributed by atoms with van der Waals surface area (Å²) in [5.41, 5.74) is 7.24. The van der Waals surface area contributed by atoms with Crippen LogP contribution < -0.4 is 4.74 Å². The highest BCUT2D eigenvalue weighted by atomic mass is 35.5. The zero-order chi connectivity index (χ0) is 29.5. The number of nitrogens with zero attached hydrogens (tertiary/aromatic N) is 2. The Hall–Kier alpha value is -4.14. The van der Waals surface area contributed by atoms with Crippen LogP contribution in [-0.4, -0.2) is 32.4 Å². The van der Waals surface area contributed by atoms with Gasteiger partial charge in [0.05, 0.1) is 31.0 Å². The van der Waals surface area contributed by atoms with Crippen LogP contribution in [0.15, 0.2) is 48.5 Å². The van der Waals surface area contributed by atoms with Crippen molar-refractivity contribution in [3.8, 4) is 16.9 Å². The Morgan fingerprint density at radius 2 is 1.83 bits per heavy atom. The highest BCUT2D eigenvalue weighted by molar-refractivity contribution is 6.32. The average molecular weight is 588 g/mol. The number of aromatic carboxylic acids is 1. The van der Waals surface area contributed by atoms with E-state index in [4.69, 9.17) is 21.1 Å². The second-order valence-corrected chi connectivity index (χ2v) is 11.2. The normalized spacial score (nSPS) is 13.0. The van der Waals surface area contributed by atoms with Gasteiger partial charge < -0.3 is 19.1 Å². The molecule has 1 aliphatic rings. The van der Waals surface area contributed by atoms with Crippen molar-refractivity contribution in [3.05, 3.63) is 104 Å². The van der Waals surface area contributed by atoms with Gasteiger partial charge in [0.1, 0.15) is 17.3 Å². The topological polar surface area (TPSA) is 89.4 Å². The van der Waals surface area contributed by atoms with E-state index >= 15 is 4.39 Å². The lowest BCUT2D eigenvalue weighted by molar-refractivity contribution is 0.0684. The van der Waals surface area contributed by atoms with Gasteiger partial charge in [-0.15, -0.1) is 0 Å². The van der Waals surface area contributed by atoms with Gasteiger partial charge in [0, 0.05) is 33.8 Å². The maximum Gasteiger partial charge on any atom is 0.352 e. The number of hydrogen-bond donors (Lipinski definition) is 2. The molecule has 0 fully saturated rings. The highest BCUT2D eigenvalue weighted by Gasteiger charge is 2.29. The first kappa shape index (κ1) is 28.0. The minimum absolute atomic E-state index is 0.146. The molecule has 7 nitrogen and oxygen atoms in total. The molecule has 0 saturated heterocycles. The molecule has 0 amide bonds. The average Bonchev–Trinajstić information content (AvgIpc) is 3.46. The number of aromatic amines is 1. The van der Waals surface area contributed by atoms with Crippen LogP contribution >= 0.6 is 11.6 Å². The van der Waals surface area contributed by atoms with E-state index in [0.717, 1.165) is 28.0 Å². The number of ether oxygens (including phenoxy) is 2. The molecule has 3 aromatic carbocycles. The van der Waals surface area contributed by atoms with Gasteiger partial charge in [0.15, 0.2) is 0 Å². The summed E-state index contributed by atoms with van der Waals surface area (Å²) in [6, 6.07) is 14.7. The van der Waals surface area contributed by atoms with E-state index in [1.165, 1.54) is 6.07 Å². The Balaban J connectivity index is 1.48. The van der Waals surface area contributed by atoms with Crippen molar-refractivity contribution in [2.24, 2.45) is 0 Å². The minimum Gasteiger partial charge on any atom is -0.494 e. The number of benzene rings is 3. The van der Waals surface area contributed by atoms with Crippen LogP contribution in [-0.2, 0) is 30.9 Å². The molecule has 0 unspecified atom stereocenters. The van der Waals surface area contributed by atoms with Crippen molar-refractivity contribution in [1.29, 1.82) is 0 Å². The number of carbonyl (C=O) groups is 1. The number of halogens is 2. The van der Waals surface area contributed by atoms with Crippen LogP contribution in [0.5, 0.6) is 5.75 Å². The van der Waals surface area contributed by atoms with Gasteiger partial charge in [-0.2, -0.15) is 5.10 Å². The van der Waals surface area contributed by atoms with Crippen molar-refractivity contribution >= 4 is 28.5 Å².